The number of ether oxygens (including phenoxy) is 1. The van der Waals surface area contributed by atoms with Gasteiger partial charge in [-0.1, -0.05) is 24.9 Å². The van der Waals surface area contributed by atoms with Crippen LogP contribution in [0.1, 0.15) is 25.3 Å². The highest BCUT2D eigenvalue weighted by Crippen LogP contribution is 2.25. The number of aromatic nitrogens is 1. The van der Waals surface area contributed by atoms with Crippen LogP contribution in [0.2, 0.25) is 5.15 Å². The Labute approximate surface area is 145 Å². The Morgan fingerprint density at radius 3 is 2.92 bits per heavy atom. The molecule has 124 valence electrons. The number of rotatable bonds is 6. The Morgan fingerprint density at radius 1 is 1.46 bits per heavy atom. The summed E-state index contributed by atoms with van der Waals surface area (Å²) in [5.41, 5.74) is 1.22. The van der Waals surface area contributed by atoms with E-state index in [-0.39, 0.29) is 10.7 Å². The number of nitrogens with one attached hydrogen (secondary N) is 1. The average molecular weight is 344 g/mol. The lowest BCUT2D eigenvalue weighted by atomic mass is 10.1. The normalized spacial score (nSPS) is 11.2. The van der Waals surface area contributed by atoms with Crippen LogP contribution in [-0.2, 0) is 4.79 Å². The largest absolute Gasteiger partial charge is 0.497 e. The summed E-state index contributed by atoms with van der Waals surface area (Å²) >= 11 is 6.18. The molecule has 5 nitrogen and oxygen atoms in total. The van der Waals surface area contributed by atoms with E-state index in [0.717, 1.165) is 18.2 Å². The molecular formula is C18H18ClN3O2. The SMILES string of the molecule is CCCCNC(=O)/C(C#N)=C/c1cc2cc(OC)ccc2nc1Cl. The number of unbranched alkanes of at least 4 members (excludes halogenated alkanes) is 1. The van der Waals surface area contributed by atoms with Crippen molar-refractivity contribution in [2.45, 2.75) is 19.8 Å². The van der Waals surface area contributed by atoms with Gasteiger partial charge in [-0.05, 0) is 36.8 Å². The van der Waals surface area contributed by atoms with Crippen molar-refractivity contribution in [1.29, 1.82) is 5.26 Å². The van der Waals surface area contributed by atoms with Crippen molar-refractivity contribution in [3.63, 3.8) is 0 Å². The molecule has 1 N–H and O–H groups in total. The molecule has 1 heterocycles. The van der Waals surface area contributed by atoms with Crippen LogP contribution in [0.15, 0.2) is 29.8 Å². The molecule has 1 aromatic heterocycles. The van der Waals surface area contributed by atoms with Crippen LogP contribution in [0, 0.1) is 11.3 Å². The van der Waals surface area contributed by atoms with Gasteiger partial charge in [-0.3, -0.25) is 4.79 Å². The monoisotopic (exact) mass is 343 g/mol. The van der Waals surface area contributed by atoms with Gasteiger partial charge in [0.25, 0.3) is 5.91 Å². The molecule has 0 atom stereocenters. The summed E-state index contributed by atoms with van der Waals surface area (Å²) in [7, 11) is 1.58. The minimum atomic E-state index is -0.409. The molecule has 1 aromatic carbocycles. The van der Waals surface area contributed by atoms with Crippen LogP contribution in [0.4, 0.5) is 0 Å². The van der Waals surface area contributed by atoms with Gasteiger partial charge in [0, 0.05) is 17.5 Å². The number of nitriles is 1. The van der Waals surface area contributed by atoms with Crippen LogP contribution < -0.4 is 10.1 Å². The second-order valence-corrected chi connectivity index (χ2v) is 5.56. The highest BCUT2D eigenvalue weighted by atomic mass is 35.5. The molecule has 0 aliphatic carbocycles. The molecule has 24 heavy (non-hydrogen) atoms. The van der Waals surface area contributed by atoms with Crippen molar-refractivity contribution >= 4 is 34.5 Å². The van der Waals surface area contributed by atoms with Crippen molar-refractivity contribution in [3.05, 3.63) is 40.6 Å². The number of methoxy groups -OCH3 is 1. The van der Waals surface area contributed by atoms with E-state index in [2.05, 4.69) is 10.3 Å². The van der Waals surface area contributed by atoms with Crippen molar-refractivity contribution < 1.29 is 9.53 Å². The van der Waals surface area contributed by atoms with Crippen molar-refractivity contribution in [3.8, 4) is 11.8 Å². The highest BCUT2D eigenvalue weighted by molar-refractivity contribution is 6.31. The molecule has 0 aliphatic rings. The van der Waals surface area contributed by atoms with E-state index in [4.69, 9.17) is 16.3 Å². The van der Waals surface area contributed by atoms with E-state index in [1.165, 1.54) is 6.08 Å². The van der Waals surface area contributed by atoms with Gasteiger partial charge in [0.2, 0.25) is 0 Å². The third-order valence-electron chi connectivity index (χ3n) is 3.48. The molecule has 6 heteroatoms. The molecule has 0 saturated heterocycles. The molecule has 0 spiro atoms. The number of carbonyl (C=O) groups is 1. The highest BCUT2D eigenvalue weighted by Gasteiger charge is 2.11. The second kappa shape index (κ2) is 8.32. The number of fused-ring (bicyclic) bond motifs is 1. The fourth-order valence-corrected chi connectivity index (χ4v) is 2.35. The number of hydrogen-bond donors (Lipinski definition) is 1. The number of carbonyl (C=O) groups excluding carboxylic acids is 1. The number of benzene rings is 1. The third-order valence-corrected chi connectivity index (χ3v) is 3.79. The molecule has 0 radical (unpaired) electrons. The molecule has 1 amide bonds. The standard InChI is InChI=1S/C18H18ClN3O2/c1-3-4-7-21-18(23)14(11-20)9-13-8-12-10-15(24-2)5-6-16(12)22-17(13)19/h5-6,8-10H,3-4,7H2,1-2H3,(H,21,23)/b14-9+. The van der Waals surface area contributed by atoms with Crippen LogP contribution in [0.5, 0.6) is 5.75 Å². The van der Waals surface area contributed by atoms with Crippen molar-refractivity contribution in [1.82, 2.24) is 10.3 Å². The zero-order chi connectivity index (χ0) is 17.5. The van der Waals surface area contributed by atoms with E-state index in [1.54, 1.807) is 25.3 Å². The van der Waals surface area contributed by atoms with Crippen LogP contribution in [0.25, 0.3) is 17.0 Å². The number of halogens is 1. The zero-order valence-electron chi connectivity index (χ0n) is 13.6. The van der Waals surface area contributed by atoms with Gasteiger partial charge in [-0.2, -0.15) is 5.26 Å². The predicted octanol–water partition coefficient (Wildman–Crippen LogP) is 3.72. The summed E-state index contributed by atoms with van der Waals surface area (Å²) in [5, 5.41) is 13.0. The fraction of sp³-hybridized carbons (Fsp3) is 0.278. The first-order valence-corrected chi connectivity index (χ1v) is 8.01. The fourth-order valence-electron chi connectivity index (χ4n) is 2.15. The summed E-state index contributed by atoms with van der Waals surface area (Å²) in [4.78, 5) is 16.3. The zero-order valence-corrected chi connectivity index (χ0v) is 14.4. The van der Waals surface area contributed by atoms with Gasteiger partial charge < -0.3 is 10.1 Å². The Bertz CT molecular complexity index is 825. The minimum Gasteiger partial charge on any atom is -0.497 e. The Morgan fingerprint density at radius 2 is 2.25 bits per heavy atom. The third kappa shape index (κ3) is 4.24. The summed E-state index contributed by atoms with van der Waals surface area (Å²) < 4.78 is 5.20. The van der Waals surface area contributed by atoms with Crippen LogP contribution in [-0.4, -0.2) is 24.5 Å². The maximum absolute atomic E-state index is 12.0. The predicted molar refractivity (Wildman–Crippen MR) is 94.8 cm³/mol. The Hall–Kier alpha value is -2.58. The van der Waals surface area contributed by atoms with E-state index in [1.807, 2.05) is 19.1 Å². The average Bonchev–Trinajstić information content (AvgIpc) is 2.59. The lowest BCUT2D eigenvalue weighted by Gasteiger charge is -2.06. The quantitative estimate of drug-likeness (QED) is 0.375. The van der Waals surface area contributed by atoms with Crippen molar-refractivity contribution in [2.24, 2.45) is 0 Å². The first-order valence-electron chi connectivity index (χ1n) is 7.63. The molecule has 0 fully saturated rings. The number of hydrogen-bond acceptors (Lipinski definition) is 4. The van der Waals surface area contributed by atoms with Gasteiger partial charge in [-0.25, -0.2) is 4.98 Å². The van der Waals surface area contributed by atoms with E-state index >= 15 is 0 Å². The lowest BCUT2D eigenvalue weighted by molar-refractivity contribution is -0.117. The first-order chi connectivity index (χ1) is 11.6. The van der Waals surface area contributed by atoms with E-state index in [9.17, 15) is 10.1 Å². The molecule has 2 aromatic rings. The topological polar surface area (TPSA) is 75.0 Å². The van der Waals surface area contributed by atoms with Gasteiger partial charge in [0.05, 0.1) is 12.6 Å². The summed E-state index contributed by atoms with van der Waals surface area (Å²) in [6, 6.07) is 9.11. The second-order valence-electron chi connectivity index (χ2n) is 5.21. The summed E-state index contributed by atoms with van der Waals surface area (Å²) in [5.74, 6) is 0.284. The molecule has 0 saturated carbocycles. The van der Waals surface area contributed by atoms with Gasteiger partial charge in [0.1, 0.15) is 22.5 Å². The van der Waals surface area contributed by atoms with Crippen LogP contribution in [0.3, 0.4) is 0 Å². The van der Waals surface area contributed by atoms with Gasteiger partial charge >= 0.3 is 0 Å². The summed E-state index contributed by atoms with van der Waals surface area (Å²) in [6.07, 6.45) is 3.28. The maximum Gasteiger partial charge on any atom is 0.261 e. The summed E-state index contributed by atoms with van der Waals surface area (Å²) in [6.45, 7) is 2.57. The number of amides is 1. The van der Waals surface area contributed by atoms with E-state index < -0.39 is 5.91 Å². The molecule has 2 rings (SSSR count). The van der Waals surface area contributed by atoms with Crippen LogP contribution >= 0.6 is 11.6 Å². The minimum absolute atomic E-state index is 0.00273. The first kappa shape index (κ1) is 17.8. The Balaban J connectivity index is 2.36. The van der Waals surface area contributed by atoms with Gasteiger partial charge in [-0.15, -0.1) is 0 Å². The smallest absolute Gasteiger partial charge is 0.261 e. The van der Waals surface area contributed by atoms with Crippen molar-refractivity contribution in [2.75, 3.05) is 13.7 Å². The molecule has 0 bridgehead atoms. The molecule has 0 unspecified atom stereocenters. The van der Waals surface area contributed by atoms with E-state index in [0.29, 0.717) is 23.4 Å². The number of pyridine rings is 1. The maximum atomic E-state index is 12.0. The van der Waals surface area contributed by atoms with Gasteiger partial charge in [0.15, 0.2) is 0 Å². The lowest BCUT2D eigenvalue weighted by Crippen LogP contribution is -2.25. The number of nitrogens with zero attached hydrogens (tertiary/aromatic N) is 2. The molecular weight excluding hydrogens is 326 g/mol. The molecule has 0 aliphatic heterocycles. The Kier molecular flexibility index (Phi) is 6.16.